The van der Waals surface area contributed by atoms with Gasteiger partial charge in [-0.2, -0.15) is 0 Å². The first-order valence-electron chi connectivity index (χ1n) is 8.95. The highest BCUT2D eigenvalue weighted by Gasteiger charge is 2.45. The van der Waals surface area contributed by atoms with Crippen molar-refractivity contribution < 1.29 is 49.4 Å². The first kappa shape index (κ1) is 23.5. The van der Waals surface area contributed by atoms with Crippen LogP contribution >= 0.6 is 0 Å². The number of nitrogens with two attached hydrogens (primary N) is 1. The number of Topliss-reactive ketones (excluding diaryl/α,β-unsaturated/α-hetero) is 1. The fourth-order valence-electron chi connectivity index (χ4n) is 2.92. The molecule has 0 aromatic heterocycles. The molecule has 12 nitrogen and oxygen atoms in total. The number of hydrogen-bond donors (Lipinski definition) is 7. The number of ketones is 1. The Morgan fingerprint density at radius 1 is 1.20 bits per heavy atom. The van der Waals surface area contributed by atoms with Crippen molar-refractivity contribution >= 4 is 23.3 Å². The SMILES string of the molecule is CC(=O)NC(CC(=O)c1cccc(OC2O[C@H](CO)[C@@H](O)[C@H](O)[C@H]2O)c1N)C(=O)O. The average molecular weight is 428 g/mol. The smallest absolute Gasteiger partial charge is 0.326 e. The molecule has 2 rings (SSSR count). The zero-order chi connectivity index (χ0) is 22.6. The summed E-state index contributed by atoms with van der Waals surface area (Å²) in [7, 11) is 0. The van der Waals surface area contributed by atoms with Crippen LogP contribution in [0.1, 0.15) is 23.7 Å². The molecule has 8 N–H and O–H groups in total. The van der Waals surface area contributed by atoms with Gasteiger partial charge in [-0.1, -0.05) is 6.07 Å². The van der Waals surface area contributed by atoms with Crippen LogP contribution in [0.4, 0.5) is 5.69 Å². The highest BCUT2D eigenvalue weighted by atomic mass is 16.7. The summed E-state index contributed by atoms with van der Waals surface area (Å²) in [5.41, 5.74) is 5.67. The molecule has 1 amide bonds. The number of aliphatic carboxylic acids is 1. The van der Waals surface area contributed by atoms with Gasteiger partial charge in [0.05, 0.1) is 12.3 Å². The lowest BCUT2D eigenvalue weighted by molar-refractivity contribution is -0.277. The van der Waals surface area contributed by atoms with Gasteiger partial charge in [0.25, 0.3) is 0 Å². The summed E-state index contributed by atoms with van der Waals surface area (Å²) < 4.78 is 10.7. The van der Waals surface area contributed by atoms with Crippen LogP contribution in [0.2, 0.25) is 0 Å². The number of nitrogens with one attached hydrogen (secondary N) is 1. The summed E-state index contributed by atoms with van der Waals surface area (Å²) in [6.07, 6.45) is -8.20. The van der Waals surface area contributed by atoms with E-state index in [0.717, 1.165) is 6.92 Å². The maximum Gasteiger partial charge on any atom is 0.326 e. The average Bonchev–Trinajstić information content (AvgIpc) is 2.68. The van der Waals surface area contributed by atoms with Crippen molar-refractivity contribution in [2.24, 2.45) is 0 Å². The monoisotopic (exact) mass is 428 g/mol. The number of carbonyl (C=O) groups is 3. The van der Waals surface area contributed by atoms with Gasteiger partial charge >= 0.3 is 5.97 Å². The lowest BCUT2D eigenvalue weighted by Gasteiger charge is -2.39. The second-order valence-electron chi connectivity index (χ2n) is 6.75. The molecule has 1 heterocycles. The zero-order valence-electron chi connectivity index (χ0n) is 16.0. The van der Waals surface area contributed by atoms with E-state index in [0.29, 0.717) is 0 Å². The molecule has 1 saturated heterocycles. The molecule has 12 heteroatoms. The highest BCUT2D eigenvalue weighted by molar-refractivity contribution is 6.04. The van der Waals surface area contributed by atoms with Crippen LogP contribution in [0.3, 0.4) is 0 Å². The Morgan fingerprint density at radius 3 is 2.43 bits per heavy atom. The molecule has 1 aromatic carbocycles. The topological polar surface area (TPSA) is 209 Å². The number of carboxylic acid groups (broad SMARTS) is 1. The summed E-state index contributed by atoms with van der Waals surface area (Å²) >= 11 is 0. The number of aliphatic hydroxyl groups is 4. The van der Waals surface area contributed by atoms with Crippen LogP contribution in [-0.4, -0.2) is 86.5 Å². The molecule has 0 radical (unpaired) electrons. The van der Waals surface area contributed by atoms with Crippen LogP contribution < -0.4 is 15.8 Å². The predicted octanol–water partition coefficient (Wildman–Crippen LogP) is -2.39. The first-order chi connectivity index (χ1) is 14.1. The van der Waals surface area contributed by atoms with Gasteiger partial charge in [-0.05, 0) is 12.1 Å². The molecule has 0 bridgehead atoms. The number of carbonyl (C=O) groups excluding carboxylic acids is 2. The molecule has 166 valence electrons. The minimum atomic E-state index is -1.68. The van der Waals surface area contributed by atoms with E-state index in [1.165, 1.54) is 18.2 Å². The maximum atomic E-state index is 12.5. The van der Waals surface area contributed by atoms with Gasteiger partial charge in [0.1, 0.15) is 36.2 Å². The molecule has 0 saturated carbocycles. The fraction of sp³-hybridized carbons (Fsp3) is 0.500. The van der Waals surface area contributed by atoms with Gasteiger partial charge in [0, 0.05) is 18.9 Å². The Bertz CT molecular complexity index is 799. The van der Waals surface area contributed by atoms with E-state index < -0.39 is 67.4 Å². The van der Waals surface area contributed by atoms with Gasteiger partial charge in [0.15, 0.2) is 5.78 Å². The minimum absolute atomic E-state index is 0.0892. The van der Waals surface area contributed by atoms with Gasteiger partial charge in [-0.15, -0.1) is 0 Å². The van der Waals surface area contributed by atoms with Crippen molar-refractivity contribution in [1.82, 2.24) is 5.32 Å². The van der Waals surface area contributed by atoms with Gasteiger partial charge in [-0.25, -0.2) is 4.79 Å². The molecule has 30 heavy (non-hydrogen) atoms. The second kappa shape index (κ2) is 9.82. The highest BCUT2D eigenvalue weighted by Crippen LogP contribution is 2.30. The number of aliphatic hydroxyl groups excluding tert-OH is 4. The summed E-state index contributed by atoms with van der Waals surface area (Å²) in [5.74, 6) is -2.82. The molecule has 1 aliphatic rings. The normalized spacial score (nSPS) is 27.2. The molecule has 6 atom stereocenters. The number of anilines is 1. The zero-order valence-corrected chi connectivity index (χ0v) is 16.0. The molecular weight excluding hydrogens is 404 g/mol. The molecular formula is C18H24N2O10. The minimum Gasteiger partial charge on any atom is -0.480 e. The standard InChI is InChI=1S/C18H24N2O10/c1-7(22)20-9(17(27)28)5-10(23)8-3-2-4-11(13(8)19)29-18-16(26)15(25)14(24)12(6-21)30-18/h2-4,9,12,14-16,18,21,24-26H,5-6,19H2,1H3,(H,20,22)(H,27,28)/t9?,12-,14-,15+,16-,18?/m1/s1. The van der Waals surface area contributed by atoms with E-state index >= 15 is 0 Å². The van der Waals surface area contributed by atoms with E-state index in [-0.39, 0.29) is 17.0 Å². The summed E-state index contributed by atoms with van der Waals surface area (Å²) in [6, 6.07) is 2.60. The third-order valence-corrected chi connectivity index (χ3v) is 4.52. The summed E-state index contributed by atoms with van der Waals surface area (Å²) in [4.78, 5) is 34.9. The van der Waals surface area contributed by atoms with Crippen molar-refractivity contribution in [3.8, 4) is 5.75 Å². The molecule has 1 aromatic rings. The van der Waals surface area contributed by atoms with E-state index in [4.69, 9.17) is 20.3 Å². The van der Waals surface area contributed by atoms with Crippen LogP contribution in [0.5, 0.6) is 5.75 Å². The number of para-hydroxylation sites is 1. The van der Waals surface area contributed by atoms with Crippen molar-refractivity contribution in [3.63, 3.8) is 0 Å². The Morgan fingerprint density at radius 2 is 1.87 bits per heavy atom. The predicted molar refractivity (Wildman–Crippen MR) is 99.4 cm³/mol. The van der Waals surface area contributed by atoms with Gasteiger partial charge in [0.2, 0.25) is 12.2 Å². The van der Waals surface area contributed by atoms with Crippen molar-refractivity contribution in [2.75, 3.05) is 12.3 Å². The maximum absolute atomic E-state index is 12.5. The molecule has 0 aliphatic carbocycles. The van der Waals surface area contributed by atoms with Crippen molar-refractivity contribution in [1.29, 1.82) is 0 Å². The van der Waals surface area contributed by atoms with E-state index in [1.54, 1.807) is 0 Å². The second-order valence-corrected chi connectivity index (χ2v) is 6.75. The van der Waals surface area contributed by atoms with Gasteiger partial charge < -0.3 is 46.1 Å². The first-order valence-corrected chi connectivity index (χ1v) is 8.95. The van der Waals surface area contributed by atoms with E-state index in [9.17, 15) is 34.8 Å². The number of benzene rings is 1. The third kappa shape index (κ3) is 5.23. The third-order valence-electron chi connectivity index (χ3n) is 4.52. The summed E-state index contributed by atoms with van der Waals surface area (Å²) in [6.45, 7) is 0.461. The van der Waals surface area contributed by atoms with Crippen molar-refractivity contribution in [3.05, 3.63) is 23.8 Å². The Labute approximate surface area is 170 Å². The Kier molecular flexibility index (Phi) is 7.70. The van der Waals surface area contributed by atoms with Gasteiger partial charge in [-0.3, -0.25) is 9.59 Å². The number of hydrogen-bond acceptors (Lipinski definition) is 10. The van der Waals surface area contributed by atoms with Crippen LogP contribution in [-0.2, 0) is 14.3 Å². The number of rotatable bonds is 8. The molecule has 0 spiro atoms. The van der Waals surface area contributed by atoms with Crippen molar-refractivity contribution in [2.45, 2.75) is 50.1 Å². The number of amides is 1. The van der Waals surface area contributed by atoms with Crippen LogP contribution in [0, 0.1) is 0 Å². The number of carboxylic acids is 1. The number of nitrogen functional groups attached to an aromatic ring is 1. The lowest BCUT2D eigenvalue weighted by atomic mass is 9.99. The largest absolute Gasteiger partial charge is 0.480 e. The molecule has 1 fully saturated rings. The summed E-state index contributed by atoms with van der Waals surface area (Å²) in [5, 5.41) is 50.2. The Balaban J connectivity index is 2.21. The van der Waals surface area contributed by atoms with Crippen LogP contribution in [0.15, 0.2) is 18.2 Å². The van der Waals surface area contributed by atoms with E-state index in [1.807, 2.05) is 0 Å². The lowest BCUT2D eigenvalue weighted by Crippen LogP contribution is -2.60. The quantitative estimate of drug-likeness (QED) is 0.171. The fourth-order valence-corrected chi connectivity index (χ4v) is 2.92. The number of ether oxygens (including phenoxy) is 2. The Hall–Kier alpha value is -2.77. The molecule has 2 unspecified atom stereocenters. The van der Waals surface area contributed by atoms with Crippen LogP contribution in [0.25, 0.3) is 0 Å². The molecule has 1 aliphatic heterocycles. The van der Waals surface area contributed by atoms with E-state index in [2.05, 4.69) is 5.32 Å².